The standard InChI is InChI=1S/C20H21N5O2S/c26-18(23-27)15-8-21-19(22-9-15)25-6-5-20(13-25)11-24(12-20)10-16-7-14-3-1-2-4-17(14)28-16/h1-4,7-9,27H,5-6,10-13H2,(H,23,26). The first-order chi connectivity index (χ1) is 13.6. The molecule has 2 aliphatic heterocycles. The smallest absolute Gasteiger partial charge is 0.277 e. The van der Waals surface area contributed by atoms with Gasteiger partial charge in [-0.25, -0.2) is 15.4 Å². The summed E-state index contributed by atoms with van der Waals surface area (Å²) in [4.78, 5) is 26.1. The van der Waals surface area contributed by atoms with Crippen molar-refractivity contribution in [2.45, 2.75) is 13.0 Å². The number of hydrogen-bond donors (Lipinski definition) is 2. The SMILES string of the molecule is O=C(NO)c1cnc(N2CCC3(CN(Cc4cc5ccccc5s4)C3)C2)nc1. The maximum atomic E-state index is 11.4. The Balaban J connectivity index is 1.19. The van der Waals surface area contributed by atoms with Crippen LogP contribution in [0.2, 0.25) is 0 Å². The third-order valence-electron chi connectivity index (χ3n) is 5.70. The molecule has 7 nitrogen and oxygen atoms in total. The van der Waals surface area contributed by atoms with E-state index in [9.17, 15) is 4.79 Å². The number of nitrogens with one attached hydrogen (secondary N) is 1. The van der Waals surface area contributed by atoms with Gasteiger partial charge >= 0.3 is 0 Å². The van der Waals surface area contributed by atoms with Gasteiger partial charge in [0.25, 0.3) is 5.91 Å². The minimum atomic E-state index is -0.597. The summed E-state index contributed by atoms with van der Waals surface area (Å²) in [5.41, 5.74) is 2.17. The maximum Gasteiger partial charge on any atom is 0.277 e. The van der Waals surface area contributed by atoms with Crippen molar-refractivity contribution < 1.29 is 10.0 Å². The normalized spacial score (nSPS) is 18.5. The molecule has 0 aliphatic carbocycles. The van der Waals surface area contributed by atoms with Gasteiger partial charge in [0.1, 0.15) is 0 Å². The van der Waals surface area contributed by atoms with Crippen LogP contribution in [0.1, 0.15) is 21.7 Å². The number of aromatic nitrogens is 2. The largest absolute Gasteiger partial charge is 0.340 e. The van der Waals surface area contributed by atoms with Gasteiger partial charge in [0.05, 0.1) is 5.56 Å². The first kappa shape index (κ1) is 17.5. The number of likely N-dealkylation sites (tertiary alicyclic amines) is 1. The summed E-state index contributed by atoms with van der Waals surface area (Å²) in [6.07, 6.45) is 4.04. The molecule has 0 saturated carbocycles. The van der Waals surface area contributed by atoms with Crippen molar-refractivity contribution in [3.63, 3.8) is 0 Å². The number of carbonyl (C=O) groups is 1. The summed E-state index contributed by atoms with van der Waals surface area (Å²) in [7, 11) is 0. The highest BCUT2D eigenvalue weighted by atomic mass is 32.1. The molecule has 0 unspecified atom stereocenters. The monoisotopic (exact) mass is 395 g/mol. The Bertz CT molecular complexity index is 980. The van der Waals surface area contributed by atoms with Crippen molar-refractivity contribution in [1.82, 2.24) is 20.3 Å². The Kier molecular flexibility index (Phi) is 4.26. The van der Waals surface area contributed by atoms with Crippen LogP contribution in [0, 0.1) is 5.41 Å². The van der Waals surface area contributed by atoms with E-state index in [4.69, 9.17) is 5.21 Å². The molecule has 1 spiro atoms. The molecule has 1 aromatic carbocycles. The van der Waals surface area contributed by atoms with E-state index in [2.05, 4.69) is 50.1 Å². The van der Waals surface area contributed by atoms with E-state index in [1.165, 1.54) is 27.4 Å². The van der Waals surface area contributed by atoms with Gasteiger partial charge in [0, 0.05) is 60.1 Å². The molecule has 2 aliphatic rings. The van der Waals surface area contributed by atoms with E-state index in [0.717, 1.165) is 39.1 Å². The quantitative estimate of drug-likeness (QED) is 0.522. The Morgan fingerprint density at radius 2 is 2.00 bits per heavy atom. The van der Waals surface area contributed by atoms with Gasteiger partial charge in [-0.05, 0) is 23.9 Å². The number of amides is 1. The average molecular weight is 395 g/mol. The lowest BCUT2D eigenvalue weighted by Crippen LogP contribution is -2.56. The topological polar surface area (TPSA) is 81.6 Å². The van der Waals surface area contributed by atoms with Gasteiger partial charge in [0.15, 0.2) is 0 Å². The van der Waals surface area contributed by atoms with E-state index in [-0.39, 0.29) is 5.56 Å². The van der Waals surface area contributed by atoms with Gasteiger partial charge in [-0.15, -0.1) is 11.3 Å². The fourth-order valence-electron chi connectivity index (χ4n) is 4.38. The van der Waals surface area contributed by atoms with Crippen molar-refractivity contribution in [2.24, 2.45) is 5.41 Å². The number of nitrogens with zero attached hydrogens (tertiary/aromatic N) is 4. The zero-order valence-electron chi connectivity index (χ0n) is 15.3. The molecule has 8 heteroatoms. The first-order valence-corrected chi connectivity index (χ1v) is 10.2. The lowest BCUT2D eigenvalue weighted by molar-refractivity contribution is 0.0124. The summed E-state index contributed by atoms with van der Waals surface area (Å²) < 4.78 is 1.36. The second-order valence-electron chi connectivity index (χ2n) is 7.78. The van der Waals surface area contributed by atoms with Crippen LogP contribution in [-0.2, 0) is 6.54 Å². The fourth-order valence-corrected chi connectivity index (χ4v) is 5.49. The van der Waals surface area contributed by atoms with Crippen LogP contribution < -0.4 is 10.4 Å². The maximum absolute atomic E-state index is 11.4. The molecule has 0 atom stereocenters. The van der Waals surface area contributed by atoms with E-state index >= 15 is 0 Å². The Morgan fingerprint density at radius 3 is 2.75 bits per heavy atom. The van der Waals surface area contributed by atoms with Gasteiger partial charge in [-0.1, -0.05) is 18.2 Å². The molecule has 0 bridgehead atoms. The van der Waals surface area contributed by atoms with Gasteiger partial charge in [-0.3, -0.25) is 14.9 Å². The number of anilines is 1. The van der Waals surface area contributed by atoms with Crippen LogP contribution in [-0.4, -0.2) is 52.2 Å². The third-order valence-corrected chi connectivity index (χ3v) is 6.80. The first-order valence-electron chi connectivity index (χ1n) is 9.35. The third kappa shape index (κ3) is 3.13. The van der Waals surface area contributed by atoms with Crippen molar-refractivity contribution in [2.75, 3.05) is 31.1 Å². The van der Waals surface area contributed by atoms with Crippen LogP contribution in [0.4, 0.5) is 5.95 Å². The summed E-state index contributed by atoms with van der Waals surface area (Å²) in [6.45, 7) is 5.10. The van der Waals surface area contributed by atoms with E-state index in [1.54, 1.807) is 5.48 Å². The highest BCUT2D eigenvalue weighted by Gasteiger charge is 2.48. The van der Waals surface area contributed by atoms with Crippen LogP contribution in [0.25, 0.3) is 10.1 Å². The van der Waals surface area contributed by atoms with Crippen molar-refractivity contribution in [3.8, 4) is 0 Å². The summed E-state index contributed by atoms with van der Waals surface area (Å²) in [5.74, 6) is 0.0506. The van der Waals surface area contributed by atoms with Crippen molar-refractivity contribution in [3.05, 3.63) is 53.2 Å². The second kappa shape index (κ2) is 6.80. The molecular weight excluding hydrogens is 374 g/mol. The molecule has 1 amide bonds. The molecule has 5 rings (SSSR count). The Hall–Kier alpha value is -2.55. The van der Waals surface area contributed by atoms with Crippen molar-refractivity contribution in [1.29, 1.82) is 0 Å². The van der Waals surface area contributed by atoms with Crippen molar-refractivity contribution >= 4 is 33.3 Å². The molecule has 2 fully saturated rings. The molecule has 2 N–H and O–H groups in total. The van der Waals surface area contributed by atoms with E-state index in [1.807, 2.05) is 11.3 Å². The second-order valence-corrected chi connectivity index (χ2v) is 8.95. The zero-order valence-corrected chi connectivity index (χ0v) is 16.2. The molecule has 3 aromatic rings. The highest BCUT2D eigenvalue weighted by Crippen LogP contribution is 2.41. The average Bonchev–Trinajstić information content (AvgIpc) is 3.31. The summed E-state index contributed by atoms with van der Waals surface area (Å²) in [6, 6.07) is 10.9. The van der Waals surface area contributed by atoms with E-state index in [0.29, 0.717) is 11.4 Å². The highest BCUT2D eigenvalue weighted by molar-refractivity contribution is 7.19. The molecule has 0 radical (unpaired) electrons. The number of fused-ring (bicyclic) bond motifs is 1. The predicted octanol–water partition coefficient (Wildman–Crippen LogP) is 2.52. The Morgan fingerprint density at radius 1 is 1.21 bits per heavy atom. The number of carbonyl (C=O) groups excluding carboxylic acids is 1. The molecule has 2 saturated heterocycles. The molecule has 2 aromatic heterocycles. The molecule has 144 valence electrons. The number of benzene rings is 1. The minimum absolute atomic E-state index is 0.248. The number of hydroxylamine groups is 1. The van der Waals surface area contributed by atoms with Crippen LogP contribution >= 0.6 is 11.3 Å². The van der Waals surface area contributed by atoms with Gasteiger partial charge in [-0.2, -0.15) is 0 Å². The Labute approximate surface area is 166 Å². The summed E-state index contributed by atoms with van der Waals surface area (Å²) >= 11 is 1.89. The van der Waals surface area contributed by atoms with Gasteiger partial charge in [0.2, 0.25) is 5.95 Å². The fraction of sp³-hybridized carbons (Fsp3) is 0.350. The lowest BCUT2D eigenvalue weighted by Gasteiger charge is -2.48. The van der Waals surface area contributed by atoms with Crippen LogP contribution in [0.15, 0.2) is 42.7 Å². The number of rotatable bonds is 4. The van der Waals surface area contributed by atoms with E-state index < -0.39 is 5.91 Å². The predicted molar refractivity (Wildman–Crippen MR) is 108 cm³/mol. The summed E-state index contributed by atoms with van der Waals surface area (Å²) in [5, 5.41) is 10.0. The lowest BCUT2D eigenvalue weighted by atomic mass is 9.79. The minimum Gasteiger partial charge on any atom is -0.340 e. The zero-order chi connectivity index (χ0) is 19.1. The molecule has 4 heterocycles. The number of hydrogen-bond acceptors (Lipinski definition) is 7. The molecule has 28 heavy (non-hydrogen) atoms. The van der Waals surface area contributed by atoms with Crippen LogP contribution in [0.3, 0.4) is 0 Å². The van der Waals surface area contributed by atoms with Crippen LogP contribution in [0.5, 0.6) is 0 Å². The van der Waals surface area contributed by atoms with Gasteiger partial charge < -0.3 is 4.90 Å². The number of thiophene rings is 1. The molecular formula is C20H21N5O2S.